The van der Waals surface area contributed by atoms with E-state index in [1.807, 2.05) is 12.1 Å². The zero-order valence-corrected chi connectivity index (χ0v) is 12.3. The summed E-state index contributed by atoms with van der Waals surface area (Å²) in [6, 6.07) is 8.46. The van der Waals surface area contributed by atoms with Gasteiger partial charge in [-0.15, -0.1) is 0 Å². The van der Waals surface area contributed by atoms with E-state index >= 15 is 0 Å². The summed E-state index contributed by atoms with van der Waals surface area (Å²) in [5.74, 6) is 1.24. The lowest BCUT2D eigenvalue weighted by Crippen LogP contribution is -2.13. The van der Waals surface area contributed by atoms with Gasteiger partial charge in [-0.05, 0) is 37.2 Å². The monoisotopic (exact) mass is 258 g/mol. The molecule has 0 saturated heterocycles. The quantitative estimate of drug-likeness (QED) is 0.650. The molecule has 0 N–H and O–H groups in total. The van der Waals surface area contributed by atoms with Crippen LogP contribution >= 0.6 is 0 Å². The maximum Gasteiger partial charge on any atom is 0.165 e. The molecule has 0 amide bonds. The lowest BCUT2D eigenvalue weighted by molar-refractivity contribution is 0.0913. The highest BCUT2D eigenvalue weighted by atomic mass is 16.1. The van der Waals surface area contributed by atoms with Gasteiger partial charge < -0.3 is 0 Å². The van der Waals surface area contributed by atoms with Crippen molar-refractivity contribution in [2.75, 3.05) is 0 Å². The largest absolute Gasteiger partial charge is 0.294 e. The smallest absolute Gasteiger partial charge is 0.165 e. The van der Waals surface area contributed by atoms with E-state index in [1.165, 1.54) is 37.7 Å². The third-order valence-corrected chi connectivity index (χ3v) is 4.63. The Hall–Kier alpha value is -1.11. The molecule has 19 heavy (non-hydrogen) atoms. The van der Waals surface area contributed by atoms with Crippen molar-refractivity contribution < 1.29 is 4.79 Å². The van der Waals surface area contributed by atoms with Crippen molar-refractivity contribution in [3.63, 3.8) is 0 Å². The molecular formula is C18H26O. The topological polar surface area (TPSA) is 17.1 Å². The first-order chi connectivity index (χ1) is 9.26. The van der Waals surface area contributed by atoms with Crippen molar-refractivity contribution in [2.24, 2.45) is 5.92 Å². The summed E-state index contributed by atoms with van der Waals surface area (Å²) in [7, 11) is 0. The fourth-order valence-electron chi connectivity index (χ4n) is 3.25. The van der Waals surface area contributed by atoms with Crippen molar-refractivity contribution in [1.29, 1.82) is 0 Å². The minimum Gasteiger partial charge on any atom is -0.294 e. The summed E-state index contributed by atoms with van der Waals surface area (Å²) in [6.07, 6.45) is 8.64. The van der Waals surface area contributed by atoms with Gasteiger partial charge in [0.05, 0.1) is 0 Å². The predicted octanol–water partition coefficient (Wildman–Crippen LogP) is 5.35. The summed E-state index contributed by atoms with van der Waals surface area (Å²) < 4.78 is 0. The summed E-state index contributed by atoms with van der Waals surface area (Å²) >= 11 is 0. The average molecular weight is 258 g/mol. The van der Waals surface area contributed by atoms with Crippen LogP contribution in [0.1, 0.15) is 80.6 Å². The van der Waals surface area contributed by atoms with Gasteiger partial charge in [-0.2, -0.15) is 0 Å². The van der Waals surface area contributed by atoms with Crippen LogP contribution in [0.4, 0.5) is 0 Å². The predicted molar refractivity (Wildman–Crippen MR) is 80.7 cm³/mol. The Labute approximate surface area is 117 Å². The first-order valence-corrected chi connectivity index (χ1v) is 7.90. The SMILES string of the molecule is CCC(CC)C(=O)c1ccc(C2CCCCC2)cc1. The maximum atomic E-state index is 12.3. The second-order valence-corrected chi connectivity index (χ2v) is 5.83. The van der Waals surface area contributed by atoms with E-state index in [0.29, 0.717) is 5.78 Å². The second kappa shape index (κ2) is 6.88. The zero-order chi connectivity index (χ0) is 13.7. The summed E-state index contributed by atoms with van der Waals surface area (Å²) in [4.78, 5) is 12.3. The van der Waals surface area contributed by atoms with E-state index < -0.39 is 0 Å². The first-order valence-electron chi connectivity index (χ1n) is 7.90. The molecule has 1 fully saturated rings. The van der Waals surface area contributed by atoms with Gasteiger partial charge in [0.25, 0.3) is 0 Å². The standard InChI is InChI=1S/C18H26O/c1-3-14(4-2)18(19)17-12-10-16(11-13-17)15-8-6-5-7-9-15/h10-15H,3-9H2,1-2H3. The van der Waals surface area contributed by atoms with Gasteiger partial charge in [0, 0.05) is 11.5 Å². The van der Waals surface area contributed by atoms with Crippen molar-refractivity contribution in [3.05, 3.63) is 35.4 Å². The van der Waals surface area contributed by atoms with Crippen LogP contribution in [0.15, 0.2) is 24.3 Å². The van der Waals surface area contributed by atoms with Gasteiger partial charge in [0.15, 0.2) is 5.78 Å². The van der Waals surface area contributed by atoms with Crippen molar-refractivity contribution >= 4 is 5.78 Å². The van der Waals surface area contributed by atoms with Crippen molar-refractivity contribution in [2.45, 2.75) is 64.7 Å². The zero-order valence-electron chi connectivity index (χ0n) is 12.3. The second-order valence-electron chi connectivity index (χ2n) is 5.83. The van der Waals surface area contributed by atoms with Crippen LogP contribution in [0.5, 0.6) is 0 Å². The molecule has 1 heteroatoms. The molecule has 0 atom stereocenters. The number of Topliss-reactive ketones (excluding diaryl/α,β-unsaturated/α-hetero) is 1. The van der Waals surface area contributed by atoms with Crippen LogP contribution in [0.25, 0.3) is 0 Å². The fraction of sp³-hybridized carbons (Fsp3) is 0.611. The van der Waals surface area contributed by atoms with E-state index in [1.54, 1.807) is 0 Å². The summed E-state index contributed by atoms with van der Waals surface area (Å²) in [6.45, 7) is 4.20. The van der Waals surface area contributed by atoms with Crippen molar-refractivity contribution in [1.82, 2.24) is 0 Å². The lowest BCUT2D eigenvalue weighted by Gasteiger charge is -2.22. The maximum absolute atomic E-state index is 12.3. The molecule has 1 nitrogen and oxygen atoms in total. The number of carbonyl (C=O) groups excluding carboxylic acids is 1. The van der Waals surface area contributed by atoms with Crippen LogP contribution in [0.3, 0.4) is 0 Å². The molecule has 0 bridgehead atoms. The van der Waals surface area contributed by atoms with E-state index in [9.17, 15) is 4.79 Å². The van der Waals surface area contributed by atoms with Crippen LogP contribution < -0.4 is 0 Å². The summed E-state index contributed by atoms with van der Waals surface area (Å²) in [5.41, 5.74) is 2.33. The minimum atomic E-state index is 0.195. The molecule has 0 aliphatic heterocycles. The van der Waals surface area contributed by atoms with Crippen LogP contribution in [0, 0.1) is 5.92 Å². The normalized spacial score (nSPS) is 16.8. The van der Waals surface area contributed by atoms with Crippen molar-refractivity contribution in [3.8, 4) is 0 Å². The Bertz CT molecular complexity index is 394. The lowest BCUT2D eigenvalue weighted by atomic mass is 9.83. The Morgan fingerprint density at radius 2 is 1.63 bits per heavy atom. The third kappa shape index (κ3) is 3.46. The molecular weight excluding hydrogens is 232 g/mol. The molecule has 0 spiro atoms. The van der Waals surface area contributed by atoms with E-state index in [2.05, 4.69) is 26.0 Å². The van der Waals surface area contributed by atoms with Crippen LogP contribution in [-0.4, -0.2) is 5.78 Å². The van der Waals surface area contributed by atoms with E-state index in [0.717, 1.165) is 24.3 Å². The number of ketones is 1. The molecule has 1 aliphatic rings. The molecule has 0 radical (unpaired) electrons. The van der Waals surface area contributed by atoms with Crippen LogP contribution in [-0.2, 0) is 0 Å². The molecule has 1 aromatic rings. The van der Waals surface area contributed by atoms with Gasteiger partial charge >= 0.3 is 0 Å². The number of hydrogen-bond acceptors (Lipinski definition) is 1. The number of hydrogen-bond donors (Lipinski definition) is 0. The Morgan fingerprint density at radius 1 is 1.05 bits per heavy atom. The Balaban J connectivity index is 2.07. The molecule has 1 aliphatic carbocycles. The first kappa shape index (κ1) is 14.3. The molecule has 1 aromatic carbocycles. The van der Waals surface area contributed by atoms with Gasteiger partial charge in [-0.3, -0.25) is 4.79 Å². The number of benzene rings is 1. The van der Waals surface area contributed by atoms with E-state index in [4.69, 9.17) is 0 Å². The molecule has 0 aromatic heterocycles. The highest BCUT2D eigenvalue weighted by molar-refractivity contribution is 5.97. The minimum absolute atomic E-state index is 0.195. The molecule has 2 rings (SSSR count). The van der Waals surface area contributed by atoms with Gasteiger partial charge in [0.2, 0.25) is 0 Å². The van der Waals surface area contributed by atoms with Gasteiger partial charge in [0.1, 0.15) is 0 Å². The average Bonchev–Trinajstić information content (AvgIpc) is 2.49. The Morgan fingerprint density at radius 3 is 2.16 bits per heavy atom. The molecule has 1 saturated carbocycles. The Kier molecular flexibility index (Phi) is 5.18. The molecule has 0 unspecified atom stereocenters. The molecule has 0 heterocycles. The van der Waals surface area contributed by atoms with Crippen LogP contribution in [0.2, 0.25) is 0 Å². The molecule has 104 valence electrons. The number of carbonyl (C=O) groups is 1. The highest BCUT2D eigenvalue weighted by Gasteiger charge is 2.18. The number of rotatable bonds is 5. The highest BCUT2D eigenvalue weighted by Crippen LogP contribution is 2.32. The fourth-order valence-corrected chi connectivity index (χ4v) is 3.25. The third-order valence-electron chi connectivity index (χ3n) is 4.63. The van der Waals surface area contributed by atoms with Gasteiger partial charge in [-0.1, -0.05) is 57.4 Å². The van der Waals surface area contributed by atoms with E-state index in [-0.39, 0.29) is 5.92 Å². The van der Waals surface area contributed by atoms with Gasteiger partial charge in [-0.25, -0.2) is 0 Å². The summed E-state index contributed by atoms with van der Waals surface area (Å²) in [5, 5.41) is 0.